The fourth-order valence-corrected chi connectivity index (χ4v) is 2.69. The second-order valence-corrected chi connectivity index (χ2v) is 5.39. The molecule has 103 valence electrons. The van der Waals surface area contributed by atoms with Crippen LogP contribution in [-0.4, -0.2) is 0 Å². The molecule has 0 bridgehead atoms. The van der Waals surface area contributed by atoms with Crippen molar-refractivity contribution in [2.45, 2.75) is 5.92 Å². The zero-order valence-electron chi connectivity index (χ0n) is 11.6. The van der Waals surface area contributed by atoms with Crippen LogP contribution in [0.25, 0.3) is 0 Å². The molecular weight excluding hydrogens is 276 g/mol. The lowest BCUT2D eigenvalue weighted by Gasteiger charge is -2.18. The number of halogens is 1. The summed E-state index contributed by atoms with van der Waals surface area (Å²) in [6.45, 7) is 0. The van der Waals surface area contributed by atoms with E-state index in [4.69, 9.17) is 11.6 Å². The second-order valence-electron chi connectivity index (χ2n) is 4.99. The molecule has 0 atom stereocenters. The van der Waals surface area contributed by atoms with E-state index in [-0.39, 0.29) is 5.92 Å². The summed E-state index contributed by atoms with van der Waals surface area (Å²) in [5.74, 6) is 0.201. The summed E-state index contributed by atoms with van der Waals surface area (Å²) in [6.07, 6.45) is 2.23. The molecular formula is C20H16Cl. The Bertz CT molecular complexity index is 650. The molecule has 21 heavy (non-hydrogen) atoms. The topological polar surface area (TPSA) is 0 Å². The fraction of sp³-hybridized carbons (Fsp3) is 0.0500. The van der Waals surface area contributed by atoms with Crippen LogP contribution in [0.15, 0.2) is 84.9 Å². The summed E-state index contributed by atoms with van der Waals surface area (Å²) in [5.41, 5.74) is 3.60. The first-order valence-electron chi connectivity index (χ1n) is 7.04. The van der Waals surface area contributed by atoms with Gasteiger partial charge < -0.3 is 0 Å². The van der Waals surface area contributed by atoms with Crippen LogP contribution in [0.1, 0.15) is 22.6 Å². The van der Waals surface area contributed by atoms with E-state index in [0.717, 1.165) is 10.6 Å². The van der Waals surface area contributed by atoms with Crippen molar-refractivity contribution >= 4 is 11.6 Å². The van der Waals surface area contributed by atoms with E-state index in [9.17, 15) is 0 Å². The molecule has 0 amide bonds. The van der Waals surface area contributed by atoms with Gasteiger partial charge in [0.2, 0.25) is 0 Å². The van der Waals surface area contributed by atoms with E-state index >= 15 is 0 Å². The molecule has 0 aromatic heterocycles. The Morgan fingerprint density at radius 2 is 1.10 bits per heavy atom. The number of hydrogen-bond donors (Lipinski definition) is 0. The summed E-state index contributed by atoms with van der Waals surface area (Å²) in [7, 11) is 0. The molecule has 0 unspecified atom stereocenters. The predicted octanol–water partition coefficient (Wildman–Crippen LogP) is 5.72. The highest BCUT2D eigenvalue weighted by atomic mass is 35.5. The molecule has 3 aromatic rings. The van der Waals surface area contributed by atoms with Crippen molar-refractivity contribution in [2.75, 3.05) is 0 Å². The summed E-state index contributed by atoms with van der Waals surface area (Å²) in [6, 6.07) is 29.0. The second kappa shape index (κ2) is 6.60. The molecule has 0 aliphatic carbocycles. The molecule has 0 heterocycles. The standard InChI is InChI=1S/C20H16Cl/c21-20-14-8-7-13-18(20)15-19(16-9-3-1-4-10-16)17-11-5-2-6-12-17/h1-15,19H. The Hall–Kier alpha value is -2.05. The monoisotopic (exact) mass is 291 g/mol. The third-order valence-corrected chi connectivity index (χ3v) is 3.91. The van der Waals surface area contributed by atoms with Gasteiger partial charge >= 0.3 is 0 Å². The molecule has 1 radical (unpaired) electrons. The Kier molecular flexibility index (Phi) is 4.37. The first-order chi connectivity index (χ1) is 10.3. The van der Waals surface area contributed by atoms with Gasteiger partial charge in [-0.3, -0.25) is 0 Å². The maximum atomic E-state index is 6.31. The van der Waals surface area contributed by atoms with Crippen LogP contribution in [0, 0.1) is 6.42 Å². The van der Waals surface area contributed by atoms with E-state index in [0.29, 0.717) is 0 Å². The van der Waals surface area contributed by atoms with Crippen molar-refractivity contribution in [3.63, 3.8) is 0 Å². The minimum absolute atomic E-state index is 0.201. The van der Waals surface area contributed by atoms with Crippen LogP contribution in [0.3, 0.4) is 0 Å². The first kappa shape index (κ1) is 13.9. The maximum absolute atomic E-state index is 6.31. The van der Waals surface area contributed by atoms with Crippen LogP contribution in [0.2, 0.25) is 5.02 Å². The van der Waals surface area contributed by atoms with Crippen molar-refractivity contribution in [2.24, 2.45) is 0 Å². The van der Waals surface area contributed by atoms with Crippen molar-refractivity contribution in [3.8, 4) is 0 Å². The molecule has 0 N–H and O–H groups in total. The molecule has 0 spiro atoms. The van der Waals surface area contributed by atoms with Gasteiger partial charge in [0.1, 0.15) is 0 Å². The lowest BCUT2D eigenvalue weighted by Crippen LogP contribution is -2.03. The van der Waals surface area contributed by atoms with Gasteiger partial charge in [-0.15, -0.1) is 0 Å². The Labute approximate surface area is 131 Å². The highest BCUT2D eigenvalue weighted by molar-refractivity contribution is 6.31. The number of benzene rings is 3. The van der Waals surface area contributed by atoms with Crippen LogP contribution < -0.4 is 0 Å². The Morgan fingerprint density at radius 3 is 1.62 bits per heavy atom. The average Bonchev–Trinajstić information content (AvgIpc) is 2.56. The van der Waals surface area contributed by atoms with Crippen molar-refractivity contribution in [1.82, 2.24) is 0 Å². The number of hydrogen-bond acceptors (Lipinski definition) is 0. The van der Waals surface area contributed by atoms with Gasteiger partial charge in [0.05, 0.1) is 0 Å². The van der Waals surface area contributed by atoms with Crippen LogP contribution in [0.4, 0.5) is 0 Å². The van der Waals surface area contributed by atoms with E-state index in [2.05, 4.69) is 61.0 Å². The molecule has 0 aliphatic rings. The van der Waals surface area contributed by atoms with Crippen molar-refractivity contribution in [3.05, 3.63) is 113 Å². The van der Waals surface area contributed by atoms with Crippen molar-refractivity contribution < 1.29 is 0 Å². The third-order valence-electron chi connectivity index (χ3n) is 3.57. The normalized spacial score (nSPS) is 10.8. The summed E-state index contributed by atoms with van der Waals surface area (Å²) < 4.78 is 0. The van der Waals surface area contributed by atoms with E-state index in [1.54, 1.807) is 0 Å². The van der Waals surface area contributed by atoms with E-state index < -0.39 is 0 Å². The molecule has 0 nitrogen and oxygen atoms in total. The van der Waals surface area contributed by atoms with Gasteiger partial charge in [0.25, 0.3) is 0 Å². The first-order valence-corrected chi connectivity index (χ1v) is 7.42. The molecule has 3 aromatic carbocycles. The van der Waals surface area contributed by atoms with Crippen LogP contribution >= 0.6 is 11.6 Å². The molecule has 0 saturated heterocycles. The van der Waals surface area contributed by atoms with Crippen LogP contribution in [-0.2, 0) is 0 Å². The molecule has 0 fully saturated rings. The molecule has 3 rings (SSSR count). The van der Waals surface area contributed by atoms with E-state index in [1.807, 2.05) is 30.3 Å². The minimum atomic E-state index is 0.201. The molecule has 1 heteroatoms. The van der Waals surface area contributed by atoms with Gasteiger partial charge in [0, 0.05) is 17.4 Å². The summed E-state index contributed by atoms with van der Waals surface area (Å²) in [5, 5.41) is 0.786. The smallest absolute Gasteiger partial charge is 0.0441 e. The largest absolute Gasteiger partial charge is 0.0840 e. The number of rotatable bonds is 4. The quantitative estimate of drug-likeness (QED) is 0.576. The van der Waals surface area contributed by atoms with Gasteiger partial charge in [-0.2, -0.15) is 0 Å². The summed E-state index contributed by atoms with van der Waals surface area (Å²) >= 11 is 6.31. The predicted molar refractivity (Wildman–Crippen MR) is 89.6 cm³/mol. The maximum Gasteiger partial charge on any atom is 0.0441 e. The van der Waals surface area contributed by atoms with Gasteiger partial charge in [-0.25, -0.2) is 0 Å². The highest BCUT2D eigenvalue weighted by Crippen LogP contribution is 2.32. The average molecular weight is 292 g/mol. The Morgan fingerprint density at radius 1 is 0.619 bits per heavy atom. The molecule has 0 saturated carbocycles. The Balaban J connectivity index is 1.99. The zero-order valence-corrected chi connectivity index (χ0v) is 12.4. The fourth-order valence-electron chi connectivity index (χ4n) is 2.50. The van der Waals surface area contributed by atoms with E-state index in [1.165, 1.54) is 11.1 Å². The van der Waals surface area contributed by atoms with Gasteiger partial charge in [-0.05, 0) is 22.8 Å². The lowest BCUT2D eigenvalue weighted by molar-refractivity contribution is 0.959. The third kappa shape index (κ3) is 3.34. The van der Waals surface area contributed by atoms with Gasteiger partial charge in [-0.1, -0.05) is 90.5 Å². The SMILES string of the molecule is Clc1ccccc1[CH]C(c1ccccc1)c1ccccc1. The van der Waals surface area contributed by atoms with Crippen molar-refractivity contribution in [1.29, 1.82) is 0 Å². The highest BCUT2D eigenvalue weighted by Gasteiger charge is 2.16. The van der Waals surface area contributed by atoms with Crippen LogP contribution in [0.5, 0.6) is 0 Å². The van der Waals surface area contributed by atoms with Gasteiger partial charge in [0.15, 0.2) is 0 Å². The zero-order chi connectivity index (χ0) is 14.5. The molecule has 0 aliphatic heterocycles. The minimum Gasteiger partial charge on any atom is -0.0840 e. The summed E-state index contributed by atoms with van der Waals surface area (Å²) in [4.78, 5) is 0. The lowest BCUT2D eigenvalue weighted by atomic mass is 9.86.